The fraction of sp³-hybridized carbons (Fsp3) is 0.517. The molecule has 0 radical (unpaired) electrons. The number of benzene rings is 2. The van der Waals surface area contributed by atoms with Crippen LogP contribution in [0.15, 0.2) is 36.4 Å². The maximum atomic E-state index is 13.2. The molecule has 2 amide bonds. The Kier molecular flexibility index (Phi) is 10.2. The normalized spacial score (nSPS) is 13.1. The highest BCUT2D eigenvalue weighted by Crippen LogP contribution is 2.45. The Bertz CT molecular complexity index is 1010. The zero-order chi connectivity index (χ0) is 26.2. The highest BCUT2D eigenvalue weighted by molar-refractivity contribution is 5.84. The third-order valence-corrected chi connectivity index (χ3v) is 6.57. The minimum Gasteiger partial charge on any atom is -0.497 e. The second-order valence-corrected chi connectivity index (χ2v) is 10.1. The summed E-state index contributed by atoms with van der Waals surface area (Å²) in [5.41, 5.74) is 9.67. The predicted octanol–water partition coefficient (Wildman–Crippen LogP) is 5.22. The maximum absolute atomic E-state index is 13.2. The summed E-state index contributed by atoms with van der Waals surface area (Å²) in [7, 11) is 4.87. The highest BCUT2D eigenvalue weighted by atomic mass is 16.5. The fourth-order valence-corrected chi connectivity index (χ4v) is 4.75. The molecule has 0 saturated heterocycles. The second kappa shape index (κ2) is 12.6. The van der Waals surface area contributed by atoms with Crippen LogP contribution in [0.2, 0.25) is 0 Å². The topological polar surface area (TPSA) is 90.7 Å². The van der Waals surface area contributed by atoms with Gasteiger partial charge in [0.25, 0.3) is 0 Å². The van der Waals surface area contributed by atoms with Crippen LogP contribution in [0.25, 0.3) is 0 Å². The third-order valence-electron chi connectivity index (χ3n) is 6.57. The lowest BCUT2D eigenvalue weighted by Gasteiger charge is -2.32. The predicted molar refractivity (Wildman–Crippen MR) is 141 cm³/mol. The molecule has 6 heteroatoms. The molecule has 192 valence electrons. The van der Waals surface area contributed by atoms with Crippen molar-refractivity contribution < 1.29 is 19.1 Å². The van der Waals surface area contributed by atoms with E-state index in [9.17, 15) is 9.59 Å². The first-order valence-corrected chi connectivity index (χ1v) is 12.4. The van der Waals surface area contributed by atoms with E-state index in [1.807, 2.05) is 36.4 Å². The summed E-state index contributed by atoms with van der Waals surface area (Å²) in [6.07, 6.45) is 4.12. The molecule has 0 aliphatic heterocycles. The van der Waals surface area contributed by atoms with Gasteiger partial charge in [0.15, 0.2) is 0 Å². The maximum Gasteiger partial charge on any atom is 0.225 e. The van der Waals surface area contributed by atoms with Gasteiger partial charge in [0.1, 0.15) is 11.5 Å². The second-order valence-electron chi connectivity index (χ2n) is 10.1. The molecule has 0 aliphatic rings. The van der Waals surface area contributed by atoms with Crippen molar-refractivity contribution in [3.05, 3.63) is 58.7 Å². The number of methoxy groups -OCH3 is 2. The number of nitrogens with one attached hydrogen (secondary N) is 1. The van der Waals surface area contributed by atoms with Crippen LogP contribution in [0.3, 0.4) is 0 Å². The molecule has 2 atom stereocenters. The number of primary amides is 1. The lowest BCUT2D eigenvalue weighted by Crippen LogP contribution is -2.30. The Morgan fingerprint density at radius 1 is 1.00 bits per heavy atom. The van der Waals surface area contributed by atoms with E-state index in [1.165, 1.54) is 0 Å². The summed E-state index contributed by atoms with van der Waals surface area (Å²) in [6, 6.07) is 11.7. The van der Waals surface area contributed by atoms with Gasteiger partial charge in [-0.05, 0) is 40.2 Å². The van der Waals surface area contributed by atoms with Crippen molar-refractivity contribution in [1.29, 1.82) is 0 Å². The molecule has 2 aromatic rings. The van der Waals surface area contributed by atoms with Gasteiger partial charge in [0.05, 0.1) is 26.6 Å². The van der Waals surface area contributed by atoms with E-state index >= 15 is 0 Å². The molecular formula is C29H42N2O4. The number of unbranched alkanes of at least 4 members (excludes halogenated alkanes) is 2. The standard InChI is InChI=1S/C29H42N2O4/c1-8-9-10-11-22(21-14-13-20(34-6)18-25(21)35-7)27(28(30)33)23-16-19(17-26(32)31-5)12-15-24(23)29(2,3)4/h12-16,18,22,27H,8-11,17H2,1-7H3,(H2,30,33)(H,31,32). The minimum atomic E-state index is -0.576. The number of ether oxygens (including phenoxy) is 2. The summed E-state index contributed by atoms with van der Waals surface area (Å²) in [6.45, 7) is 8.54. The zero-order valence-corrected chi connectivity index (χ0v) is 22.4. The van der Waals surface area contributed by atoms with E-state index in [0.717, 1.165) is 47.9 Å². The Hall–Kier alpha value is -3.02. The van der Waals surface area contributed by atoms with Crippen molar-refractivity contribution in [1.82, 2.24) is 5.32 Å². The molecule has 0 heterocycles. The number of hydrogen-bond acceptors (Lipinski definition) is 4. The van der Waals surface area contributed by atoms with Gasteiger partial charge in [0.2, 0.25) is 11.8 Å². The molecule has 2 rings (SSSR count). The van der Waals surface area contributed by atoms with Crippen LogP contribution in [-0.4, -0.2) is 33.1 Å². The quantitative estimate of drug-likeness (QED) is 0.406. The molecular weight excluding hydrogens is 440 g/mol. The van der Waals surface area contributed by atoms with Gasteiger partial charge in [-0.2, -0.15) is 0 Å². The smallest absolute Gasteiger partial charge is 0.225 e. The lowest BCUT2D eigenvalue weighted by molar-refractivity contribution is -0.120. The van der Waals surface area contributed by atoms with Crippen molar-refractivity contribution >= 4 is 11.8 Å². The first kappa shape index (κ1) is 28.2. The average Bonchev–Trinajstić information content (AvgIpc) is 2.82. The molecule has 0 aliphatic carbocycles. The van der Waals surface area contributed by atoms with Crippen LogP contribution in [0, 0.1) is 0 Å². The first-order valence-electron chi connectivity index (χ1n) is 12.4. The SMILES string of the molecule is CCCCCC(c1ccc(OC)cc1OC)C(C(N)=O)c1cc(CC(=O)NC)ccc1C(C)(C)C. The Labute approximate surface area is 210 Å². The summed E-state index contributed by atoms with van der Waals surface area (Å²) >= 11 is 0. The molecule has 35 heavy (non-hydrogen) atoms. The fourth-order valence-electron chi connectivity index (χ4n) is 4.75. The molecule has 0 aromatic heterocycles. The summed E-state index contributed by atoms with van der Waals surface area (Å²) in [5, 5.41) is 2.68. The number of likely N-dealkylation sites (N-methyl/N-ethyl adjacent to an activating group) is 1. The summed E-state index contributed by atoms with van der Waals surface area (Å²) in [4.78, 5) is 25.3. The molecule has 3 N–H and O–H groups in total. The molecule has 0 bridgehead atoms. The largest absolute Gasteiger partial charge is 0.497 e. The number of hydrogen-bond donors (Lipinski definition) is 2. The van der Waals surface area contributed by atoms with Crippen LogP contribution < -0.4 is 20.5 Å². The Morgan fingerprint density at radius 2 is 1.71 bits per heavy atom. The molecule has 2 aromatic carbocycles. The van der Waals surface area contributed by atoms with Crippen molar-refractivity contribution in [3.63, 3.8) is 0 Å². The van der Waals surface area contributed by atoms with Crippen molar-refractivity contribution in [3.8, 4) is 11.5 Å². The summed E-state index contributed by atoms with van der Waals surface area (Å²) < 4.78 is 11.1. The van der Waals surface area contributed by atoms with E-state index in [1.54, 1.807) is 21.3 Å². The van der Waals surface area contributed by atoms with Gasteiger partial charge in [0, 0.05) is 19.0 Å². The van der Waals surface area contributed by atoms with Crippen LogP contribution in [-0.2, 0) is 21.4 Å². The van der Waals surface area contributed by atoms with Gasteiger partial charge < -0.3 is 20.5 Å². The first-order chi connectivity index (χ1) is 16.6. The third kappa shape index (κ3) is 7.23. The van der Waals surface area contributed by atoms with Gasteiger partial charge >= 0.3 is 0 Å². The Balaban J connectivity index is 2.75. The van der Waals surface area contributed by atoms with Crippen LogP contribution in [0.4, 0.5) is 0 Å². The molecule has 2 unspecified atom stereocenters. The van der Waals surface area contributed by atoms with E-state index in [0.29, 0.717) is 11.5 Å². The number of carbonyl (C=O) groups is 2. The average molecular weight is 483 g/mol. The Morgan fingerprint density at radius 3 is 2.26 bits per heavy atom. The van der Waals surface area contributed by atoms with Crippen LogP contribution in [0.1, 0.15) is 87.5 Å². The summed E-state index contributed by atoms with van der Waals surface area (Å²) in [5.74, 6) is 0.148. The van der Waals surface area contributed by atoms with E-state index in [2.05, 4.69) is 33.0 Å². The van der Waals surface area contributed by atoms with E-state index in [4.69, 9.17) is 15.2 Å². The van der Waals surface area contributed by atoms with Crippen LogP contribution in [0.5, 0.6) is 11.5 Å². The lowest BCUT2D eigenvalue weighted by atomic mass is 9.72. The van der Waals surface area contributed by atoms with Gasteiger partial charge in [-0.1, -0.05) is 71.2 Å². The van der Waals surface area contributed by atoms with E-state index in [-0.39, 0.29) is 29.6 Å². The molecule has 6 nitrogen and oxygen atoms in total. The van der Waals surface area contributed by atoms with E-state index < -0.39 is 5.92 Å². The number of nitrogens with two attached hydrogens (primary N) is 1. The zero-order valence-electron chi connectivity index (χ0n) is 22.4. The van der Waals surface area contributed by atoms with Gasteiger partial charge in [-0.15, -0.1) is 0 Å². The molecule has 0 saturated carbocycles. The van der Waals surface area contributed by atoms with Crippen molar-refractivity contribution in [2.24, 2.45) is 5.73 Å². The monoisotopic (exact) mass is 482 g/mol. The van der Waals surface area contributed by atoms with Crippen molar-refractivity contribution in [2.45, 2.75) is 77.0 Å². The number of carbonyl (C=O) groups excluding carboxylic acids is 2. The van der Waals surface area contributed by atoms with Crippen LogP contribution >= 0.6 is 0 Å². The van der Waals surface area contributed by atoms with Crippen molar-refractivity contribution in [2.75, 3.05) is 21.3 Å². The number of amides is 2. The van der Waals surface area contributed by atoms with Gasteiger partial charge in [-0.3, -0.25) is 9.59 Å². The minimum absolute atomic E-state index is 0.0774. The highest BCUT2D eigenvalue weighted by Gasteiger charge is 2.35. The molecule has 0 fully saturated rings. The number of rotatable bonds is 12. The molecule has 0 spiro atoms. The van der Waals surface area contributed by atoms with Gasteiger partial charge in [-0.25, -0.2) is 0 Å².